The number of nitro groups is 1. The van der Waals surface area contributed by atoms with Gasteiger partial charge in [0.2, 0.25) is 0 Å². The van der Waals surface area contributed by atoms with Crippen LogP contribution in [0.3, 0.4) is 0 Å². The lowest BCUT2D eigenvalue weighted by Gasteiger charge is -2.34. The van der Waals surface area contributed by atoms with E-state index in [0.29, 0.717) is 30.6 Å². The molecule has 1 aromatic rings. The quantitative estimate of drug-likeness (QED) is 0.437. The van der Waals surface area contributed by atoms with E-state index in [2.05, 4.69) is 13.8 Å². The number of piperidine rings is 1. The normalized spacial score (nSPS) is 22.2. The highest BCUT2D eigenvalue weighted by Gasteiger charge is 2.27. The molecular formula is C20H27N3O5. The van der Waals surface area contributed by atoms with Gasteiger partial charge in [0.15, 0.2) is 6.61 Å². The van der Waals surface area contributed by atoms with Gasteiger partial charge in [-0.3, -0.25) is 14.9 Å². The Labute approximate surface area is 164 Å². The van der Waals surface area contributed by atoms with Gasteiger partial charge < -0.3 is 14.5 Å². The molecule has 0 aromatic heterocycles. The molecule has 0 spiro atoms. The summed E-state index contributed by atoms with van der Waals surface area (Å²) in [5.74, 6) is -0.0825. The molecule has 1 aromatic carbocycles. The van der Waals surface area contributed by atoms with Gasteiger partial charge in [-0.15, -0.1) is 0 Å². The van der Waals surface area contributed by atoms with Gasteiger partial charge in [0.1, 0.15) is 0 Å². The van der Waals surface area contributed by atoms with Crippen LogP contribution in [-0.4, -0.2) is 54.5 Å². The summed E-state index contributed by atoms with van der Waals surface area (Å²) in [4.78, 5) is 39.5. The molecule has 0 bridgehead atoms. The van der Waals surface area contributed by atoms with E-state index in [4.69, 9.17) is 4.74 Å². The number of amides is 1. The number of esters is 1. The first kappa shape index (κ1) is 20.1. The highest BCUT2D eigenvalue weighted by Crippen LogP contribution is 2.29. The largest absolute Gasteiger partial charge is 0.452 e. The van der Waals surface area contributed by atoms with Crippen molar-refractivity contribution in [2.24, 2.45) is 11.8 Å². The molecule has 2 fully saturated rings. The van der Waals surface area contributed by atoms with E-state index in [9.17, 15) is 19.7 Å². The molecule has 0 aliphatic carbocycles. The van der Waals surface area contributed by atoms with Gasteiger partial charge in [-0.1, -0.05) is 13.8 Å². The highest BCUT2D eigenvalue weighted by molar-refractivity contribution is 5.97. The van der Waals surface area contributed by atoms with E-state index in [-0.39, 0.29) is 23.8 Å². The van der Waals surface area contributed by atoms with Crippen molar-refractivity contribution >= 4 is 23.3 Å². The van der Waals surface area contributed by atoms with Crippen LogP contribution >= 0.6 is 0 Å². The van der Waals surface area contributed by atoms with Crippen molar-refractivity contribution in [3.05, 3.63) is 33.9 Å². The Balaban J connectivity index is 1.71. The van der Waals surface area contributed by atoms with E-state index >= 15 is 0 Å². The minimum absolute atomic E-state index is 0.143. The third-order valence-corrected chi connectivity index (χ3v) is 5.41. The van der Waals surface area contributed by atoms with Crippen molar-refractivity contribution in [3.63, 3.8) is 0 Å². The number of likely N-dealkylation sites (tertiary alicyclic amines) is 1. The average Bonchev–Trinajstić information content (AvgIpc) is 3.19. The van der Waals surface area contributed by atoms with Gasteiger partial charge >= 0.3 is 5.97 Å². The van der Waals surface area contributed by atoms with E-state index in [1.54, 1.807) is 11.0 Å². The molecule has 8 heteroatoms. The van der Waals surface area contributed by atoms with Gasteiger partial charge in [-0.05, 0) is 37.2 Å². The van der Waals surface area contributed by atoms with Crippen LogP contribution in [0.25, 0.3) is 0 Å². The fraction of sp³-hybridized carbons (Fsp3) is 0.600. The maximum atomic E-state index is 12.7. The summed E-state index contributed by atoms with van der Waals surface area (Å²) in [7, 11) is 0. The molecule has 0 N–H and O–H groups in total. The Morgan fingerprint density at radius 2 is 1.82 bits per heavy atom. The summed E-state index contributed by atoms with van der Waals surface area (Å²) in [5, 5.41) is 11.1. The number of carbonyl (C=O) groups excluding carboxylic acids is 2. The zero-order chi connectivity index (χ0) is 20.3. The first-order chi connectivity index (χ1) is 13.3. The standard InChI is InChI=1S/C20H27N3O5/c1-14-9-15(2)12-22(11-14)19(24)13-28-20(25)17-10-16(23(26)27)5-6-18(17)21-7-3-4-8-21/h5-6,10,14-15H,3-4,7-9,11-13H2,1-2H3/t14-,15+. The third-order valence-electron chi connectivity index (χ3n) is 5.41. The Kier molecular flexibility index (Phi) is 6.16. The monoisotopic (exact) mass is 389 g/mol. The summed E-state index contributed by atoms with van der Waals surface area (Å²) in [6, 6.07) is 4.23. The van der Waals surface area contributed by atoms with Crippen LogP contribution < -0.4 is 4.90 Å². The van der Waals surface area contributed by atoms with E-state index in [1.165, 1.54) is 12.1 Å². The second-order valence-electron chi connectivity index (χ2n) is 7.97. The molecule has 0 unspecified atom stereocenters. The number of hydrogen-bond acceptors (Lipinski definition) is 6. The fourth-order valence-corrected chi connectivity index (χ4v) is 4.20. The van der Waals surface area contributed by atoms with Gasteiger partial charge in [0.25, 0.3) is 11.6 Å². The number of benzene rings is 1. The number of ether oxygens (including phenoxy) is 1. The minimum Gasteiger partial charge on any atom is -0.452 e. The van der Waals surface area contributed by atoms with Gasteiger partial charge in [-0.2, -0.15) is 0 Å². The van der Waals surface area contributed by atoms with Crippen LogP contribution in [0.1, 0.15) is 43.5 Å². The van der Waals surface area contributed by atoms with E-state index in [0.717, 1.165) is 32.4 Å². The zero-order valence-electron chi connectivity index (χ0n) is 16.4. The molecule has 152 valence electrons. The highest BCUT2D eigenvalue weighted by atomic mass is 16.6. The van der Waals surface area contributed by atoms with Crippen LogP contribution in [-0.2, 0) is 9.53 Å². The number of rotatable bonds is 5. The summed E-state index contributed by atoms with van der Waals surface area (Å²) >= 11 is 0. The summed E-state index contributed by atoms with van der Waals surface area (Å²) in [6.45, 7) is 6.77. The Morgan fingerprint density at radius 1 is 1.18 bits per heavy atom. The zero-order valence-corrected chi connectivity index (χ0v) is 16.4. The Morgan fingerprint density at radius 3 is 2.43 bits per heavy atom. The molecule has 8 nitrogen and oxygen atoms in total. The molecule has 2 saturated heterocycles. The number of non-ortho nitro benzene ring substituents is 1. The van der Waals surface area contributed by atoms with Gasteiger partial charge in [0, 0.05) is 38.3 Å². The molecule has 0 radical (unpaired) electrons. The van der Waals surface area contributed by atoms with E-state index < -0.39 is 10.9 Å². The van der Waals surface area contributed by atoms with Crippen LogP contribution in [0, 0.1) is 22.0 Å². The Hall–Kier alpha value is -2.64. The lowest BCUT2D eigenvalue weighted by atomic mass is 9.92. The predicted molar refractivity (Wildman–Crippen MR) is 104 cm³/mol. The number of hydrogen-bond donors (Lipinski definition) is 0. The second-order valence-corrected chi connectivity index (χ2v) is 7.97. The molecular weight excluding hydrogens is 362 g/mol. The van der Waals surface area contributed by atoms with Crippen LogP contribution in [0.2, 0.25) is 0 Å². The summed E-state index contributed by atoms with van der Waals surface area (Å²) < 4.78 is 5.27. The summed E-state index contributed by atoms with van der Waals surface area (Å²) in [6.07, 6.45) is 3.10. The average molecular weight is 389 g/mol. The third kappa shape index (κ3) is 4.61. The topological polar surface area (TPSA) is 93.0 Å². The number of anilines is 1. The smallest absolute Gasteiger partial charge is 0.341 e. The second kappa shape index (κ2) is 8.58. The molecule has 1 amide bonds. The number of nitro benzene ring substituents is 1. The number of carbonyl (C=O) groups is 2. The summed E-state index contributed by atoms with van der Waals surface area (Å²) in [5.41, 5.74) is 0.602. The minimum atomic E-state index is -0.697. The predicted octanol–water partition coefficient (Wildman–Crippen LogP) is 2.86. The fourth-order valence-electron chi connectivity index (χ4n) is 4.20. The van der Waals surface area contributed by atoms with Crippen molar-refractivity contribution in [1.82, 2.24) is 4.90 Å². The molecule has 2 atom stereocenters. The lowest BCUT2D eigenvalue weighted by molar-refractivity contribution is -0.384. The number of nitrogens with zero attached hydrogens (tertiary/aromatic N) is 3. The molecule has 2 aliphatic rings. The molecule has 0 saturated carbocycles. The van der Waals surface area contributed by atoms with Crippen LogP contribution in [0.4, 0.5) is 11.4 Å². The van der Waals surface area contributed by atoms with Crippen molar-refractivity contribution < 1.29 is 19.2 Å². The van der Waals surface area contributed by atoms with Crippen molar-refractivity contribution in [3.8, 4) is 0 Å². The van der Waals surface area contributed by atoms with E-state index in [1.807, 2.05) is 4.90 Å². The van der Waals surface area contributed by atoms with Gasteiger partial charge in [0.05, 0.1) is 16.2 Å². The molecule has 28 heavy (non-hydrogen) atoms. The first-order valence-electron chi connectivity index (χ1n) is 9.83. The lowest BCUT2D eigenvalue weighted by Crippen LogP contribution is -2.44. The SMILES string of the molecule is C[C@@H]1C[C@H](C)CN(C(=O)COC(=O)c2cc([N+](=O)[O-])ccc2N2CCCC2)C1. The van der Waals surface area contributed by atoms with Gasteiger partial charge in [-0.25, -0.2) is 4.79 Å². The molecule has 2 heterocycles. The molecule has 3 rings (SSSR count). The first-order valence-corrected chi connectivity index (χ1v) is 9.83. The van der Waals surface area contributed by atoms with Crippen molar-refractivity contribution in [2.45, 2.75) is 33.1 Å². The maximum absolute atomic E-state index is 12.7. The van der Waals surface area contributed by atoms with Crippen LogP contribution in [0.15, 0.2) is 18.2 Å². The van der Waals surface area contributed by atoms with Crippen LogP contribution in [0.5, 0.6) is 0 Å². The molecule has 2 aliphatic heterocycles. The Bertz CT molecular complexity index is 750. The maximum Gasteiger partial charge on any atom is 0.341 e. The van der Waals surface area contributed by atoms with Crippen molar-refractivity contribution in [2.75, 3.05) is 37.7 Å². The van der Waals surface area contributed by atoms with Crippen molar-refractivity contribution in [1.29, 1.82) is 0 Å².